The molecule has 114 valence electrons. The molecule has 1 N–H and O–H groups in total. The van der Waals surface area contributed by atoms with Gasteiger partial charge in [-0.2, -0.15) is 5.26 Å². The molecule has 1 aromatic carbocycles. The molecule has 2 rings (SSSR count). The van der Waals surface area contributed by atoms with E-state index in [-0.39, 0.29) is 19.5 Å². The minimum atomic E-state index is -0.880. The van der Waals surface area contributed by atoms with Crippen LogP contribution in [0.2, 0.25) is 0 Å². The van der Waals surface area contributed by atoms with Crippen LogP contribution in [0.25, 0.3) is 11.3 Å². The molecule has 0 aliphatic carbocycles. The van der Waals surface area contributed by atoms with E-state index in [9.17, 15) is 4.79 Å². The van der Waals surface area contributed by atoms with Crippen molar-refractivity contribution >= 4 is 22.4 Å². The molecule has 0 saturated heterocycles. The Balaban J connectivity index is 2.28. The van der Waals surface area contributed by atoms with E-state index in [2.05, 4.69) is 11.1 Å². The number of hydrogen-bond acceptors (Lipinski definition) is 5. The summed E-state index contributed by atoms with van der Waals surface area (Å²) in [5.41, 5.74) is 3.10. The Labute approximate surface area is 133 Å². The quantitative estimate of drug-likeness (QED) is 0.828. The normalized spacial score (nSPS) is 10.2. The summed E-state index contributed by atoms with van der Waals surface area (Å²) in [6, 6.07) is 10.2. The number of aromatic nitrogens is 1. The zero-order valence-electron chi connectivity index (χ0n) is 12.5. The van der Waals surface area contributed by atoms with Crippen LogP contribution in [0.3, 0.4) is 0 Å². The van der Waals surface area contributed by atoms with E-state index in [0.717, 1.165) is 16.1 Å². The van der Waals surface area contributed by atoms with E-state index in [1.54, 1.807) is 4.90 Å². The van der Waals surface area contributed by atoms with Gasteiger partial charge in [0.05, 0.1) is 18.2 Å². The third kappa shape index (κ3) is 3.83. The number of nitriles is 1. The number of aliphatic carboxylic acids is 1. The molecule has 1 heterocycles. The summed E-state index contributed by atoms with van der Waals surface area (Å²) in [5.74, 6) is -0.880. The number of thiazole rings is 1. The van der Waals surface area contributed by atoms with Crippen molar-refractivity contribution in [3.63, 3.8) is 0 Å². The van der Waals surface area contributed by atoms with Gasteiger partial charge in [0.1, 0.15) is 6.54 Å². The van der Waals surface area contributed by atoms with Crippen LogP contribution in [-0.4, -0.2) is 29.1 Å². The van der Waals surface area contributed by atoms with E-state index in [1.165, 1.54) is 16.9 Å². The fourth-order valence-corrected chi connectivity index (χ4v) is 3.01. The Bertz CT molecular complexity index is 701. The SMILES string of the molecule is Cc1ccc(-c2nc(N(CC#N)CCC(=O)O)sc2C)cc1. The van der Waals surface area contributed by atoms with Crippen molar-refractivity contribution in [2.75, 3.05) is 18.0 Å². The fraction of sp³-hybridized carbons (Fsp3) is 0.312. The molecule has 5 nitrogen and oxygen atoms in total. The van der Waals surface area contributed by atoms with E-state index < -0.39 is 5.97 Å². The summed E-state index contributed by atoms with van der Waals surface area (Å²) in [4.78, 5) is 18.1. The number of benzene rings is 1. The van der Waals surface area contributed by atoms with Crippen molar-refractivity contribution in [1.82, 2.24) is 4.98 Å². The molecule has 0 atom stereocenters. The number of nitrogens with zero attached hydrogens (tertiary/aromatic N) is 3. The van der Waals surface area contributed by atoms with Crippen molar-refractivity contribution in [3.05, 3.63) is 34.7 Å². The second-order valence-corrected chi connectivity index (χ2v) is 6.17. The van der Waals surface area contributed by atoms with Crippen LogP contribution < -0.4 is 4.90 Å². The lowest BCUT2D eigenvalue weighted by molar-refractivity contribution is -0.136. The molecule has 1 aromatic heterocycles. The summed E-state index contributed by atoms with van der Waals surface area (Å²) < 4.78 is 0. The Morgan fingerprint density at radius 2 is 2.05 bits per heavy atom. The van der Waals surface area contributed by atoms with Crippen LogP contribution in [0.4, 0.5) is 5.13 Å². The Morgan fingerprint density at radius 1 is 1.36 bits per heavy atom. The predicted molar refractivity (Wildman–Crippen MR) is 87.1 cm³/mol. The Hall–Kier alpha value is -2.39. The summed E-state index contributed by atoms with van der Waals surface area (Å²) in [6.07, 6.45) is -0.0137. The van der Waals surface area contributed by atoms with Gasteiger partial charge in [-0.15, -0.1) is 11.3 Å². The zero-order chi connectivity index (χ0) is 16.1. The van der Waals surface area contributed by atoms with E-state index in [4.69, 9.17) is 10.4 Å². The standard InChI is InChI=1S/C16H17N3O2S/c1-11-3-5-13(6-4-11)15-12(2)22-16(18-15)19(10-8-17)9-7-14(20)21/h3-6H,7,9-10H2,1-2H3,(H,20,21). The Kier molecular flexibility index (Phi) is 5.12. The van der Waals surface area contributed by atoms with Gasteiger partial charge >= 0.3 is 5.97 Å². The van der Waals surface area contributed by atoms with Crippen molar-refractivity contribution in [1.29, 1.82) is 5.26 Å². The first-order valence-electron chi connectivity index (χ1n) is 6.89. The number of rotatable bonds is 6. The fourth-order valence-electron chi connectivity index (χ4n) is 2.06. The minimum Gasteiger partial charge on any atom is -0.481 e. The summed E-state index contributed by atoms with van der Waals surface area (Å²) in [7, 11) is 0. The summed E-state index contributed by atoms with van der Waals surface area (Å²) in [5, 5.41) is 18.4. The average molecular weight is 315 g/mol. The smallest absolute Gasteiger partial charge is 0.305 e. The second kappa shape index (κ2) is 7.05. The maximum absolute atomic E-state index is 10.7. The van der Waals surface area contributed by atoms with Crippen molar-refractivity contribution in [2.45, 2.75) is 20.3 Å². The summed E-state index contributed by atoms with van der Waals surface area (Å²) in [6.45, 7) is 4.43. The second-order valence-electron chi connectivity index (χ2n) is 4.99. The van der Waals surface area contributed by atoms with Crippen molar-refractivity contribution in [2.24, 2.45) is 0 Å². The third-order valence-corrected chi connectivity index (χ3v) is 4.27. The molecule has 0 unspecified atom stereocenters. The average Bonchev–Trinajstić information content (AvgIpc) is 2.86. The molecule has 6 heteroatoms. The van der Waals surface area contributed by atoms with E-state index in [0.29, 0.717) is 5.13 Å². The highest BCUT2D eigenvalue weighted by molar-refractivity contribution is 7.16. The monoisotopic (exact) mass is 315 g/mol. The van der Waals surface area contributed by atoms with Crippen LogP contribution in [0.15, 0.2) is 24.3 Å². The van der Waals surface area contributed by atoms with Crippen LogP contribution in [-0.2, 0) is 4.79 Å². The van der Waals surface area contributed by atoms with Gasteiger partial charge in [0.15, 0.2) is 5.13 Å². The number of aryl methyl sites for hydroxylation is 2. The van der Waals surface area contributed by atoms with Crippen LogP contribution in [0.1, 0.15) is 16.9 Å². The van der Waals surface area contributed by atoms with Gasteiger partial charge in [-0.25, -0.2) is 4.98 Å². The molecular weight excluding hydrogens is 298 g/mol. The Morgan fingerprint density at radius 3 is 2.64 bits per heavy atom. The number of anilines is 1. The van der Waals surface area contributed by atoms with Crippen molar-refractivity contribution in [3.8, 4) is 17.3 Å². The number of carbonyl (C=O) groups is 1. The van der Waals surface area contributed by atoms with Gasteiger partial charge in [-0.1, -0.05) is 29.8 Å². The molecular formula is C16H17N3O2S. The van der Waals surface area contributed by atoms with Crippen LogP contribution in [0.5, 0.6) is 0 Å². The number of carboxylic acids is 1. The third-order valence-electron chi connectivity index (χ3n) is 3.24. The van der Waals surface area contributed by atoms with Crippen molar-refractivity contribution < 1.29 is 9.90 Å². The van der Waals surface area contributed by atoms with E-state index in [1.807, 2.05) is 38.1 Å². The number of hydrogen-bond donors (Lipinski definition) is 1. The molecule has 0 amide bonds. The van der Waals surface area contributed by atoms with Gasteiger partial charge < -0.3 is 10.0 Å². The minimum absolute atomic E-state index is 0.0137. The molecule has 0 saturated carbocycles. The maximum atomic E-state index is 10.7. The molecule has 0 aliphatic rings. The lowest BCUT2D eigenvalue weighted by Gasteiger charge is -2.16. The highest BCUT2D eigenvalue weighted by Crippen LogP contribution is 2.32. The molecule has 22 heavy (non-hydrogen) atoms. The molecule has 0 fully saturated rings. The first-order chi connectivity index (χ1) is 10.5. The topological polar surface area (TPSA) is 77.2 Å². The van der Waals surface area contributed by atoms with Gasteiger partial charge in [-0.3, -0.25) is 4.79 Å². The predicted octanol–water partition coefficient (Wildman–Crippen LogP) is 3.23. The zero-order valence-corrected chi connectivity index (χ0v) is 13.4. The first kappa shape index (κ1) is 16.0. The highest BCUT2D eigenvalue weighted by atomic mass is 32.1. The maximum Gasteiger partial charge on any atom is 0.305 e. The van der Waals surface area contributed by atoms with Crippen LogP contribution in [0, 0.1) is 25.2 Å². The van der Waals surface area contributed by atoms with E-state index >= 15 is 0 Å². The largest absolute Gasteiger partial charge is 0.481 e. The highest BCUT2D eigenvalue weighted by Gasteiger charge is 2.16. The number of carboxylic acid groups (broad SMARTS) is 1. The lowest BCUT2D eigenvalue weighted by Crippen LogP contribution is -2.26. The molecule has 0 spiro atoms. The molecule has 0 bridgehead atoms. The van der Waals surface area contributed by atoms with Gasteiger partial charge in [-0.05, 0) is 13.8 Å². The molecule has 2 aromatic rings. The molecule has 0 radical (unpaired) electrons. The van der Waals surface area contributed by atoms with Crippen LogP contribution >= 0.6 is 11.3 Å². The first-order valence-corrected chi connectivity index (χ1v) is 7.71. The van der Waals surface area contributed by atoms with Gasteiger partial charge in [0, 0.05) is 17.0 Å². The molecule has 0 aliphatic heterocycles. The van der Waals surface area contributed by atoms with Gasteiger partial charge in [0.2, 0.25) is 0 Å². The summed E-state index contributed by atoms with van der Waals surface area (Å²) >= 11 is 1.48. The van der Waals surface area contributed by atoms with Gasteiger partial charge in [0.25, 0.3) is 0 Å². The lowest BCUT2D eigenvalue weighted by atomic mass is 10.1.